The molecule has 126 valence electrons. The third kappa shape index (κ3) is 12.7. The van der Waals surface area contributed by atoms with Crippen LogP contribution in [-0.2, 0) is 9.53 Å². The Morgan fingerprint density at radius 1 is 0.905 bits per heavy atom. The maximum absolute atomic E-state index is 12.6. The molecule has 2 nitrogen and oxygen atoms in total. The zero-order valence-corrected chi connectivity index (χ0v) is 13.3. The monoisotopic (exact) mass is 310 g/mol. The van der Waals surface area contributed by atoms with Gasteiger partial charge in [0.15, 0.2) is 6.10 Å². The Balaban J connectivity index is 3.56. The molecule has 0 bridgehead atoms. The molecule has 0 aromatic heterocycles. The highest BCUT2D eigenvalue weighted by Gasteiger charge is 2.41. The number of alkyl halides is 3. The molecule has 21 heavy (non-hydrogen) atoms. The van der Waals surface area contributed by atoms with E-state index in [-0.39, 0.29) is 6.42 Å². The lowest BCUT2D eigenvalue weighted by Crippen LogP contribution is -2.33. The molecule has 0 aliphatic carbocycles. The van der Waals surface area contributed by atoms with Crippen LogP contribution >= 0.6 is 0 Å². The maximum Gasteiger partial charge on any atom is 0.425 e. The first kappa shape index (κ1) is 20.3. The topological polar surface area (TPSA) is 26.3 Å². The standard InChI is InChI=1S/C16H29F3O2/c1-3-4-5-6-7-8-9-10-11-12-13-15(16(17,18)19)21-14(2)20/h15H,3-13H2,1-2H3/t15-/m0/s1. The molecule has 0 saturated carbocycles. The summed E-state index contributed by atoms with van der Waals surface area (Å²) in [7, 11) is 0. The molecule has 0 aliphatic rings. The van der Waals surface area contributed by atoms with Crippen molar-refractivity contribution in [2.45, 2.75) is 96.8 Å². The molecule has 0 spiro atoms. The van der Waals surface area contributed by atoms with Gasteiger partial charge in [0.1, 0.15) is 0 Å². The van der Waals surface area contributed by atoms with Gasteiger partial charge in [-0.05, 0) is 12.8 Å². The minimum atomic E-state index is -4.45. The van der Waals surface area contributed by atoms with E-state index in [1.54, 1.807) is 0 Å². The summed E-state index contributed by atoms with van der Waals surface area (Å²) in [6, 6.07) is 0. The van der Waals surface area contributed by atoms with E-state index in [0.29, 0.717) is 6.42 Å². The van der Waals surface area contributed by atoms with E-state index in [2.05, 4.69) is 11.7 Å². The smallest absolute Gasteiger partial charge is 0.425 e. The summed E-state index contributed by atoms with van der Waals surface area (Å²) in [4.78, 5) is 10.7. The predicted octanol–water partition coefficient (Wildman–Crippen LogP) is 5.79. The van der Waals surface area contributed by atoms with Gasteiger partial charge in [-0.15, -0.1) is 0 Å². The molecule has 0 saturated heterocycles. The second-order valence-corrected chi connectivity index (χ2v) is 5.61. The quantitative estimate of drug-likeness (QED) is 0.337. The van der Waals surface area contributed by atoms with Gasteiger partial charge in [-0.1, -0.05) is 64.7 Å². The van der Waals surface area contributed by atoms with Crippen LogP contribution in [0.2, 0.25) is 0 Å². The second-order valence-electron chi connectivity index (χ2n) is 5.61. The van der Waals surface area contributed by atoms with Gasteiger partial charge in [0, 0.05) is 6.92 Å². The van der Waals surface area contributed by atoms with Gasteiger partial charge >= 0.3 is 12.1 Å². The van der Waals surface area contributed by atoms with Crippen molar-refractivity contribution in [3.05, 3.63) is 0 Å². The molecule has 0 aromatic rings. The summed E-state index contributed by atoms with van der Waals surface area (Å²) in [6.45, 7) is 3.20. The fourth-order valence-electron chi connectivity index (χ4n) is 2.31. The van der Waals surface area contributed by atoms with Crippen LogP contribution in [0.1, 0.15) is 84.5 Å². The average molecular weight is 310 g/mol. The fraction of sp³-hybridized carbons (Fsp3) is 0.938. The van der Waals surface area contributed by atoms with E-state index >= 15 is 0 Å². The molecule has 0 fully saturated rings. The van der Waals surface area contributed by atoms with Crippen molar-refractivity contribution in [1.82, 2.24) is 0 Å². The Morgan fingerprint density at radius 3 is 1.71 bits per heavy atom. The summed E-state index contributed by atoms with van der Waals surface area (Å²) >= 11 is 0. The lowest BCUT2D eigenvalue weighted by molar-refractivity contribution is -0.221. The zero-order valence-electron chi connectivity index (χ0n) is 13.3. The Labute approximate surface area is 126 Å². The average Bonchev–Trinajstić information content (AvgIpc) is 2.38. The van der Waals surface area contributed by atoms with Gasteiger partial charge in [-0.3, -0.25) is 4.79 Å². The molecule has 0 aliphatic heterocycles. The highest BCUT2D eigenvalue weighted by Crippen LogP contribution is 2.27. The number of rotatable bonds is 12. The molecule has 0 unspecified atom stereocenters. The van der Waals surface area contributed by atoms with Crippen LogP contribution in [0.5, 0.6) is 0 Å². The fourth-order valence-corrected chi connectivity index (χ4v) is 2.31. The van der Waals surface area contributed by atoms with Crippen molar-refractivity contribution in [1.29, 1.82) is 0 Å². The third-order valence-corrected chi connectivity index (χ3v) is 3.49. The molecular weight excluding hydrogens is 281 g/mol. The molecular formula is C16H29F3O2. The number of carbonyl (C=O) groups excluding carboxylic acids is 1. The van der Waals surface area contributed by atoms with Crippen molar-refractivity contribution in [3.63, 3.8) is 0 Å². The lowest BCUT2D eigenvalue weighted by Gasteiger charge is -2.19. The van der Waals surface area contributed by atoms with Crippen molar-refractivity contribution < 1.29 is 22.7 Å². The normalized spacial score (nSPS) is 13.2. The van der Waals surface area contributed by atoms with Crippen LogP contribution < -0.4 is 0 Å². The summed E-state index contributed by atoms with van der Waals surface area (Å²) in [5, 5.41) is 0. The van der Waals surface area contributed by atoms with E-state index in [4.69, 9.17) is 0 Å². The number of esters is 1. The summed E-state index contributed by atoms with van der Waals surface area (Å²) in [5.74, 6) is -0.871. The van der Waals surface area contributed by atoms with Gasteiger partial charge < -0.3 is 4.74 Å². The minimum Gasteiger partial charge on any atom is -0.453 e. The largest absolute Gasteiger partial charge is 0.453 e. The number of halogens is 3. The van der Waals surface area contributed by atoms with Crippen molar-refractivity contribution in [2.75, 3.05) is 0 Å². The SMILES string of the molecule is CCCCCCCCCCCC[C@H](OC(C)=O)C(F)(F)F. The molecule has 0 heterocycles. The molecule has 0 amide bonds. The second kappa shape index (κ2) is 11.9. The zero-order chi connectivity index (χ0) is 16.1. The van der Waals surface area contributed by atoms with Crippen molar-refractivity contribution >= 4 is 5.97 Å². The van der Waals surface area contributed by atoms with Crippen molar-refractivity contribution in [2.24, 2.45) is 0 Å². The number of unbranched alkanes of at least 4 members (excludes halogenated alkanes) is 9. The number of hydrogen-bond donors (Lipinski definition) is 0. The predicted molar refractivity (Wildman–Crippen MR) is 78.1 cm³/mol. The van der Waals surface area contributed by atoms with Gasteiger partial charge in [-0.2, -0.15) is 13.2 Å². The van der Waals surface area contributed by atoms with Crippen LogP contribution in [0.4, 0.5) is 13.2 Å². The number of ether oxygens (including phenoxy) is 1. The number of hydrogen-bond acceptors (Lipinski definition) is 2. The van der Waals surface area contributed by atoms with Crippen LogP contribution in [0.15, 0.2) is 0 Å². The van der Waals surface area contributed by atoms with Gasteiger partial charge in [0.2, 0.25) is 0 Å². The Hall–Kier alpha value is -0.740. The lowest BCUT2D eigenvalue weighted by atomic mass is 10.0. The molecule has 1 atom stereocenters. The van der Waals surface area contributed by atoms with Gasteiger partial charge in [0.05, 0.1) is 0 Å². The van der Waals surface area contributed by atoms with E-state index < -0.39 is 18.2 Å². The van der Waals surface area contributed by atoms with Crippen LogP contribution in [0.3, 0.4) is 0 Å². The van der Waals surface area contributed by atoms with Crippen LogP contribution in [-0.4, -0.2) is 18.2 Å². The molecule has 5 heteroatoms. The van der Waals surface area contributed by atoms with E-state index in [9.17, 15) is 18.0 Å². The molecule has 0 N–H and O–H groups in total. The van der Waals surface area contributed by atoms with Crippen LogP contribution in [0.25, 0.3) is 0 Å². The van der Waals surface area contributed by atoms with E-state index in [0.717, 1.165) is 32.6 Å². The first-order valence-electron chi connectivity index (χ1n) is 8.11. The maximum atomic E-state index is 12.6. The number of carbonyl (C=O) groups is 1. The van der Waals surface area contributed by atoms with E-state index in [1.807, 2.05) is 0 Å². The van der Waals surface area contributed by atoms with Crippen molar-refractivity contribution in [3.8, 4) is 0 Å². The molecule has 0 aromatic carbocycles. The Morgan fingerprint density at radius 2 is 1.33 bits per heavy atom. The Bertz CT molecular complexity index is 265. The minimum absolute atomic E-state index is 0.125. The molecule has 0 rings (SSSR count). The highest BCUT2D eigenvalue weighted by molar-refractivity contribution is 5.66. The van der Waals surface area contributed by atoms with Gasteiger partial charge in [-0.25, -0.2) is 0 Å². The van der Waals surface area contributed by atoms with Crippen LogP contribution in [0, 0.1) is 0 Å². The summed E-state index contributed by atoms with van der Waals surface area (Å²) in [5.41, 5.74) is 0. The first-order chi connectivity index (χ1) is 9.88. The highest BCUT2D eigenvalue weighted by atomic mass is 19.4. The van der Waals surface area contributed by atoms with E-state index in [1.165, 1.54) is 32.1 Å². The Kier molecular flexibility index (Phi) is 11.5. The first-order valence-corrected chi connectivity index (χ1v) is 8.11. The summed E-state index contributed by atoms with van der Waals surface area (Å²) < 4.78 is 42.1. The molecule has 0 radical (unpaired) electrons. The van der Waals surface area contributed by atoms with Gasteiger partial charge in [0.25, 0.3) is 0 Å². The summed E-state index contributed by atoms with van der Waals surface area (Å²) in [6.07, 6.45) is 4.19. The third-order valence-electron chi connectivity index (χ3n) is 3.49.